The van der Waals surface area contributed by atoms with Gasteiger partial charge in [0.25, 0.3) is 5.91 Å². The molecule has 0 aliphatic carbocycles. The number of carbonyl (C=O) groups is 1. The summed E-state index contributed by atoms with van der Waals surface area (Å²) in [6, 6.07) is 8.58. The summed E-state index contributed by atoms with van der Waals surface area (Å²) in [5.41, 5.74) is 2.81. The van der Waals surface area contributed by atoms with Crippen molar-refractivity contribution in [2.24, 2.45) is 7.05 Å². The number of methoxy groups -OCH3 is 1. The summed E-state index contributed by atoms with van der Waals surface area (Å²) in [4.78, 5) is 15.1. The van der Waals surface area contributed by atoms with Crippen LogP contribution in [0, 0.1) is 11.6 Å². The van der Waals surface area contributed by atoms with Crippen LogP contribution in [0.3, 0.4) is 0 Å². The lowest BCUT2D eigenvalue weighted by Crippen LogP contribution is -2.43. The van der Waals surface area contributed by atoms with Gasteiger partial charge < -0.3 is 14.4 Å². The average Bonchev–Trinajstić information content (AvgIpc) is 3.45. The number of ether oxygens (including phenoxy) is 2. The molecule has 5 rings (SSSR count). The van der Waals surface area contributed by atoms with E-state index in [4.69, 9.17) is 9.47 Å². The standard InChI is InChI=1S/C27H27F2N5O3/c1-27(2,3)33(5)26(35)24-20-14-37-23-13-22(36-6)18(21-7-8-32(4)30-21)12-19(23)25(20)34(31-24)17-10-15(28)9-16(29)11-17/h7-13H,14H2,1-6H3. The molecule has 1 aliphatic heterocycles. The van der Waals surface area contributed by atoms with Gasteiger partial charge in [-0.2, -0.15) is 10.2 Å². The quantitative estimate of drug-likeness (QED) is 0.389. The Morgan fingerprint density at radius 1 is 1.08 bits per heavy atom. The summed E-state index contributed by atoms with van der Waals surface area (Å²) >= 11 is 0. The van der Waals surface area contributed by atoms with E-state index >= 15 is 0 Å². The fraction of sp³-hybridized carbons (Fsp3) is 0.296. The number of carbonyl (C=O) groups excluding carboxylic acids is 1. The molecule has 192 valence electrons. The molecule has 2 aromatic heterocycles. The van der Waals surface area contributed by atoms with Gasteiger partial charge in [0.15, 0.2) is 5.69 Å². The third-order valence-electron chi connectivity index (χ3n) is 6.51. The Morgan fingerprint density at radius 2 is 1.78 bits per heavy atom. The molecule has 8 nitrogen and oxygen atoms in total. The number of aryl methyl sites for hydroxylation is 1. The van der Waals surface area contributed by atoms with Gasteiger partial charge in [-0.3, -0.25) is 9.48 Å². The molecule has 1 aliphatic rings. The molecule has 0 radical (unpaired) electrons. The van der Waals surface area contributed by atoms with E-state index in [0.29, 0.717) is 39.6 Å². The molecule has 37 heavy (non-hydrogen) atoms. The highest BCUT2D eigenvalue weighted by Crippen LogP contribution is 2.46. The molecular formula is C27H27F2N5O3. The van der Waals surface area contributed by atoms with Crippen LogP contribution in [0.4, 0.5) is 8.78 Å². The number of aromatic nitrogens is 4. The minimum atomic E-state index is -0.755. The smallest absolute Gasteiger partial charge is 0.274 e. The van der Waals surface area contributed by atoms with E-state index in [1.165, 1.54) is 16.8 Å². The van der Waals surface area contributed by atoms with Crippen LogP contribution in [-0.4, -0.2) is 50.1 Å². The highest BCUT2D eigenvalue weighted by molar-refractivity contribution is 5.97. The van der Waals surface area contributed by atoms with Crippen molar-refractivity contribution in [2.45, 2.75) is 32.9 Å². The van der Waals surface area contributed by atoms with Crippen molar-refractivity contribution in [3.05, 3.63) is 65.5 Å². The van der Waals surface area contributed by atoms with Gasteiger partial charge in [0.1, 0.15) is 29.7 Å². The highest BCUT2D eigenvalue weighted by atomic mass is 19.1. The Morgan fingerprint density at radius 3 is 2.38 bits per heavy atom. The van der Waals surface area contributed by atoms with Gasteiger partial charge in [0.2, 0.25) is 0 Å². The number of nitrogens with zero attached hydrogens (tertiary/aromatic N) is 5. The van der Waals surface area contributed by atoms with Gasteiger partial charge in [-0.15, -0.1) is 0 Å². The topological polar surface area (TPSA) is 74.4 Å². The Hall–Kier alpha value is -4.21. The Balaban J connectivity index is 1.79. The van der Waals surface area contributed by atoms with Gasteiger partial charge in [0.05, 0.1) is 24.2 Å². The first kappa shape index (κ1) is 24.5. The first-order valence-corrected chi connectivity index (χ1v) is 11.7. The van der Waals surface area contributed by atoms with E-state index in [1.807, 2.05) is 46.1 Å². The molecule has 0 unspecified atom stereocenters. The summed E-state index contributed by atoms with van der Waals surface area (Å²) in [5.74, 6) is -0.798. The molecule has 3 heterocycles. The molecule has 0 spiro atoms. The van der Waals surface area contributed by atoms with Crippen molar-refractivity contribution in [3.63, 3.8) is 0 Å². The van der Waals surface area contributed by atoms with Crippen LogP contribution in [0.25, 0.3) is 28.2 Å². The number of rotatable bonds is 4. The number of fused-ring (bicyclic) bond motifs is 3. The van der Waals surface area contributed by atoms with Gasteiger partial charge >= 0.3 is 0 Å². The Bertz CT molecular complexity index is 1510. The second-order valence-corrected chi connectivity index (χ2v) is 9.96. The SMILES string of the molecule is COc1cc2c(cc1-c1ccn(C)n1)-c1c(c(C(=O)N(C)C(C)(C)C)nn1-c1cc(F)cc(F)c1)CO2. The number of benzene rings is 2. The highest BCUT2D eigenvalue weighted by Gasteiger charge is 2.35. The lowest BCUT2D eigenvalue weighted by atomic mass is 9.97. The van der Waals surface area contributed by atoms with Crippen LogP contribution in [0.5, 0.6) is 11.5 Å². The largest absolute Gasteiger partial charge is 0.496 e. The molecular weight excluding hydrogens is 480 g/mol. The molecule has 10 heteroatoms. The van der Waals surface area contributed by atoms with Crippen molar-refractivity contribution in [1.82, 2.24) is 24.5 Å². The molecule has 0 atom stereocenters. The molecule has 0 saturated carbocycles. The van der Waals surface area contributed by atoms with Gasteiger partial charge in [-0.25, -0.2) is 13.5 Å². The number of hydrogen-bond donors (Lipinski definition) is 0. The summed E-state index contributed by atoms with van der Waals surface area (Å²) < 4.78 is 43.3. The first-order chi connectivity index (χ1) is 17.5. The fourth-order valence-corrected chi connectivity index (χ4v) is 4.29. The van der Waals surface area contributed by atoms with E-state index in [2.05, 4.69) is 10.2 Å². The molecule has 2 aromatic carbocycles. The zero-order valence-corrected chi connectivity index (χ0v) is 21.5. The molecule has 1 amide bonds. The van der Waals surface area contributed by atoms with E-state index < -0.39 is 17.2 Å². The van der Waals surface area contributed by atoms with Crippen molar-refractivity contribution < 1.29 is 23.0 Å². The monoisotopic (exact) mass is 507 g/mol. The number of hydrogen-bond acceptors (Lipinski definition) is 5. The minimum absolute atomic E-state index is 0.0469. The summed E-state index contributed by atoms with van der Waals surface area (Å²) in [7, 11) is 5.06. The molecule has 0 saturated heterocycles. The van der Waals surface area contributed by atoms with E-state index in [1.54, 1.807) is 29.8 Å². The normalized spacial score (nSPS) is 12.5. The van der Waals surface area contributed by atoms with Crippen LogP contribution in [0.15, 0.2) is 42.6 Å². The van der Waals surface area contributed by atoms with Crippen molar-refractivity contribution in [2.75, 3.05) is 14.2 Å². The third-order valence-corrected chi connectivity index (χ3v) is 6.51. The van der Waals surface area contributed by atoms with Crippen LogP contribution >= 0.6 is 0 Å². The van der Waals surface area contributed by atoms with Crippen LogP contribution in [0.2, 0.25) is 0 Å². The zero-order chi connectivity index (χ0) is 26.6. The maximum absolute atomic E-state index is 14.3. The number of amides is 1. The lowest BCUT2D eigenvalue weighted by Gasteiger charge is -2.31. The maximum atomic E-state index is 14.3. The zero-order valence-electron chi connectivity index (χ0n) is 21.5. The maximum Gasteiger partial charge on any atom is 0.274 e. The molecule has 0 bridgehead atoms. The van der Waals surface area contributed by atoms with Crippen LogP contribution < -0.4 is 9.47 Å². The van der Waals surface area contributed by atoms with Crippen LogP contribution in [0.1, 0.15) is 36.8 Å². The average molecular weight is 508 g/mol. The van der Waals surface area contributed by atoms with Crippen molar-refractivity contribution in [1.29, 1.82) is 0 Å². The van der Waals surface area contributed by atoms with Crippen molar-refractivity contribution in [3.8, 4) is 39.7 Å². The second kappa shape index (κ2) is 8.72. The first-order valence-electron chi connectivity index (χ1n) is 11.7. The third kappa shape index (κ3) is 4.22. The van der Waals surface area contributed by atoms with Crippen LogP contribution in [-0.2, 0) is 13.7 Å². The van der Waals surface area contributed by atoms with Gasteiger partial charge in [-0.05, 0) is 45.0 Å². The summed E-state index contributed by atoms with van der Waals surface area (Å²) in [6.45, 7) is 5.78. The van der Waals surface area contributed by atoms with E-state index in [0.717, 1.165) is 6.07 Å². The number of halogens is 2. The molecule has 0 N–H and O–H groups in total. The predicted molar refractivity (Wildman–Crippen MR) is 134 cm³/mol. The van der Waals surface area contributed by atoms with Gasteiger partial charge in [-0.1, -0.05) is 0 Å². The molecule has 0 fully saturated rings. The summed E-state index contributed by atoms with van der Waals surface area (Å²) in [6.07, 6.45) is 1.81. The summed E-state index contributed by atoms with van der Waals surface area (Å²) in [5, 5.41) is 9.08. The fourth-order valence-electron chi connectivity index (χ4n) is 4.29. The molecule has 4 aromatic rings. The lowest BCUT2D eigenvalue weighted by molar-refractivity contribution is 0.0646. The van der Waals surface area contributed by atoms with Crippen molar-refractivity contribution >= 4 is 5.91 Å². The minimum Gasteiger partial charge on any atom is -0.496 e. The van der Waals surface area contributed by atoms with E-state index in [9.17, 15) is 13.6 Å². The Labute approximate surface area is 213 Å². The Kier molecular flexibility index (Phi) is 5.77. The second-order valence-electron chi connectivity index (χ2n) is 9.96. The van der Waals surface area contributed by atoms with E-state index in [-0.39, 0.29) is 23.9 Å². The predicted octanol–water partition coefficient (Wildman–Crippen LogP) is 4.99. The van der Waals surface area contributed by atoms with Gasteiger partial charge in [0, 0.05) is 54.7 Å².